The van der Waals surface area contributed by atoms with Crippen molar-refractivity contribution < 1.29 is 0 Å². The monoisotopic (exact) mass is 283 g/mol. The van der Waals surface area contributed by atoms with Crippen LogP contribution in [0.1, 0.15) is 50.5 Å². The van der Waals surface area contributed by atoms with E-state index in [9.17, 15) is 0 Å². The highest BCUT2D eigenvalue weighted by Gasteiger charge is 2.11. The Morgan fingerprint density at radius 1 is 1.10 bits per heavy atom. The Balaban J connectivity index is 1.62. The lowest BCUT2D eigenvalue weighted by Gasteiger charge is -2.22. The fourth-order valence-corrected chi connectivity index (χ4v) is 3.19. The zero-order valence-electron chi connectivity index (χ0n) is 12.7. The number of anilines is 1. The van der Waals surface area contributed by atoms with Gasteiger partial charge in [-0.25, -0.2) is 4.98 Å². The lowest BCUT2D eigenvalue weighted by molar-refractivity contribution is 0.471. The minimum atomic E-state index is 0.647. The number of hydrogen-bond donors (Lipinski definition) is 1. The minimum Gasteiger partial charge on any atom is -0.382 e. The molecule has 112 valence electrons. The first kappa shape index (κ1) is 14.2. The van der Waals surface area contributed by atoms with Crippen LogP contribution in [-0.4, -0.2) is 15.6 Å². The van der Waals surface area contributed by atoms with Crippen LogP contribution in [0.3, 0.4) is 0 Å². The van der Waals surface area contributed by atoms with Gasteiger partial charge in [0.15, 0.2) is 0 Å². The minimum absolute atomic E-state index is 0.647. The van der Waals surface area contributed by atoms with E-state index in [-0.39, 0.29) is 0 Å². The number of nitrogens with one attached hydrogen (secondary N) is 1. The molecular weight excluding hydrogens is 258 g/mol. The first-order valence-electron chi connectivity index (χ1n) is 8.21. The van der Waals surface area contributed by atoms with Crippen molar-refractivity contribution in [1.29, 1.82) is 0 Å². The maximum Gasteiger partial charge on any atom is 0.0949 e. The summed E-state index contributed by atoms with van der Waals surface area (Å²) in [6, 6.07) is 9.45. The number of rotatable bonds is 4. The van der Waals surface area contributed by atoms with Crippen molar-refractivity contribution >= 4 is 5.69 Å². The summed E-state index contributed by atoms with van der Waals surface area (Å²) in [5.74, 6) is 0. The van der Waals surface area contributed by atoms with Crippen LogP contribution in [0.15, 0.2) is 43.0 Å². The summed E-state index contributed by atoms with van der Waals surface area (Å²) in [5.41, 5.74) is 2.59. The van der Waals surface area contributed by atoms with Gasteiger partial charge in [0.2, 0.25) is 0 Å². The predicted molar refractivity (Wildman–Crippen MR) is 87.5 cm³/mol. The van der Waals surface area contributed by atoms with Gasteiger partial charge < -0.3 is 9.88 Å². The van der Waals surface area contributed by atoms with Crippen LogP contribution < -0.4 is 5.32 Å². The third-order valence-corrected chi connectivity index (χ3v) is 4.33. The molecule has 1 aromatic carbocycles. The average Bonchev–Trinajstić information content (AvgIpc) is 2.95. The van der Waals surface area contributed by atoms with Crippen molar-refractivity contribution in [3.8, 4) is 0 Å². The van der Waals surface area contributed by atoms with Crippen molar-refractivity contribution in [3.63, 3.8) is 0 Å². The molecule has 1 N–H and O–H groups in total. The summed E-state index contributed by atoms with van der Waals surface area (Å²) in [6.07, 6.45) is 15.3. The number of nitrogens with zero attached hydrogens (tertiary/aromatic N) is 2. The smallest absolute Gasteiger partial charge is 0.0949 e. The number of aromatic nitrogens is 2. The highest BCUT2D eigenvalue weighted by atomic mass is 15.0. The molecule has 3 rings (SSSR count). The fourth-order valence-electron chi connectivity index (χ4n) is 3.19. The molecule has 1 saturated carbocycles. The molecule has 1 aliphatic carbocycles. The highest BCUT2D eigenvalue weighted by Crippen LogP contribution is 2.21. The van der Waals surface area contributed by atoms with E-state index in [1.807, 2.05) is 18.7 Å². The molecule has 0 aliphatic heterocycles. The summed E-state index contributed by atoms with van der Waals surface area (Å²) in [5, 5.41) is 3.74. The SMILES string of the molecule is c1cc(Cn2ccnc2)cc(NC2CCCCCCC2)c1. The number of benzene rings is 1. The van der Waals surface area contributed by atoms with Crippen LogP contribution >= 0.6 is 0 Å². The van der Waals surface area contributed by atoms with E-state index >= 15 is 0 Å². The standard InChI is InChI=1S/C18H25N3/c1-2-4-8-17(9-5-3-1)20-18-10-6-7-16(13-18)14-21-12-11-19-15-21/h6-7,10-13,15,17,20H,1-5,8-9,14H2. The third-order valence-electron chi connectivity index (χ3n) is 4.33. The molecule has 1 heterocycles. The predicted octanol–water partition coefficient (Wildman–Crippen LogP) is 4.46. The zero-order valence-corrected chi connectivity index (χ0v) is 12.7. The summed E-state index contributed by atoms with van der Waals surface area (Å²) >= 11 is 0. The van der Waals surface area contributed by atoms with E-state index in [4.69, 9.17) is 0 Å². The van der Waals surface area contributed by atoms with Gasteiger partial charge in [-0.05, 0) is 30.5 Å². The molecule has 0 radical (unpaired) electrons. The molecular formula is C18H25N3. The van der Waals surface area contributed by atoms with Gasteiger partial charge in [0.05, 0.1) is 6.33 Å². The molecule has 2 aromatic rings. The van der Waals surface area contributed by atoms with Crippen LogP contribution in [0.4, 0.5) is 5.69 Å². The topological polar surface area (TPSA) is 29.9 Å². The van der Waals surface area contributed by atoms with Crippen molar-refractivity contribution in [3.05, 3.63) is 48.5 Å². The zero-order chi connectivity index (χ0) is 14.3. The van der Waals surface area contributed by atoms with Gasteiger partial charge in [-0.15, -0.1) is 0 Å². The van der Waals surface area contributed by atoms with Gasteiger partial charge in [-0.1, -0.05) is 44.2 Å². The fraction of sp³-hybridized carbons (Fsp3) is 0.500. The van der Waals surface area contributed by atoms with E-state index in [0.29, 0.717) is 6.04 Å². The Hall–Kier alpha value is -1.77. The lowest BCUT2D eigenvalue weighted by Crippen LogP contribution is -2.20. The van der Waals surface area contributed by atoms with Crippen molar-refractivity contribution in [2.24, 2.45) is 0 Å². The summed E-state index contributed by atoms with van der Waals surface area (Å²) in [6.45, 7) is 0.889. The van der Waals surface area contributed by atoms with Crippen molar-refractivity contribution in [2.45, 2.75) is 57.5 Å². The van der Waals surface area contributed by atoms with E-state index < -0.39 is 0 Å². The molecule has 0 saturated heterocycles. The average molecular weight is 283 g/mol. The Labute approximate surface area is 127 Å². The van der Waals surface area contributed by atoms with Gasteiger partial charge in [-0.2, -0.15) is 0 Å². The van der Waals surface area contributed by atoms with Gasteiger partial charge in [0, 0.05) is 30.7 Å². The second-order valence-corrected chi connectivity index (χ2v) is 6.12. The second kappa shape index (κ2) is 7.30. The summed E-state index contributed by atoms with van der Waals surface area (Å²) in [4.78, 5) is 4.10. The molecule has 0 atom stereocenters. The molecule has 3 nitrogen and oxygen atoms in total. The van der Waals surface area contributed by atoms with E-state index in [1.54, 1.807) is 0 Å². The molecule has 0 spiro atoms. The first-order valence-corrected chi connectivity index (χ1v) is 8.21. The number of hydrogen-bond acceptors (Lipinski definition) is 2. The molecule has 0 unspecified atom stereocenters. The maximum absolute atomic E-state index is 4.10. The van der Waals surface area contributed by atoms with Crippen LogP contribution in [0, 0.1) is 0 Å². The van der Waals surface area contributed by atoms with Gasteiger partial charge in [-0.3, -0.25) is 0 Å². The molecule has 1 aromatic heterocycles. The molecule has 1 fully saturated rings. The van der Waals surface area contributed by atoms with E-state index in [0.717, 1.165) is 6.54 Å². The molecule has 3 heteroatoms. The Morgan fingerprint density at radius 3 is 2.67 bits per heavy atom. The third kappa shape index (κ3) is 4.35. The quantitative estimate of drug-likeness (QED) is 0.898. The van der Waals surface area contributed by atoms with E-state index in [2.05, 4.69) is 39.1 Å². The van der Waals surface area contributed by atoms with Crippen molar-refractivity contribution in [2.75, 3.05) is 5.32 Å². The molecule has 1 aliphatic rings. The Bertz CT molecular complexity index is 525. The second-order valence-electron chi connectivity index (χ2n) is 6.12. The van der Waals surface area contributed by atoms with Gasteiger partial charge in [0.25, 0.3) is 0 Å². The van der Waals surface area contributed by atoms with E-state index in [1.165, 1.54) is 56.2 Å². The normalized spacial score (nSPS) is 17.1. The van der Waals surface area contributed by atoms with Crippen LogP contribution in [0.25, 0.3) is 0 Å². The van der Waals surface area contributed by atoms with Crippen LogP contribution in [0.5, 0.6) is 0 Å². The lowest BCUT2D eigenvalue weighted by atomic mass is 9.96. The highest BCUT2D eigenvalue weighted by molar-refractivity contribution is 5.46. The maximum atomic E-state index is 4.10. The molecule has 0 amide bonds. The van der Waals surface area contributed by atoms with Gasteiger partial charge in [0.1, 0.15) is 0 Å². The molecule has 21 heavy (non-hydrogen) atoms. The first-order chi connectivity index (χ1) is 10.4. The van der Waals surface area contributed by atoms with Crippen LogP contribution in [-0.2, 0) is 6.54 Å². The molecule has 0 bridgehead atoms. The Kier molecular flexibility index (Phi) is 4.93. The summed E-state index contributed by atoms with van der Waals surface area (Å²) in [7, 11) is 0. The summed E-state index contributed by atoms with van der Waals surface area (Å²) < 4.78 is 2.11. The van der Waals surface area contributed by atoms with Gasteiger partial charge >= 0.3 is 0 Å². The van der Waals surface area contributed by atoms with Crippen molar-refractivity contribution in [1.82, 2.24) is 9.55 Å². The van der Waals surface area contributed by atoms with Crippen LogP contribution in [0.2, 0.25) is 0 Å². The largest absolute Gasteiger partial charge is 0.382 e. The number of imidazole rings is 1. The Morgan fingerprint density at radius 2 is 1.90 bits per heavy atom.